The van der Waals surface area contributed by atoms with Gasteiger partial charge in [-0.1, -0.05) is 53.1 Å². The molecule has 1 aromatic heterocycles. The van der Waals surface area contributed by atoms with Crippen molar-refractivity contribution in [3.63, 3.8) is 0 Å². The van der Waals surface area contributed by atoms with Crippen LogP contribution in [-0.4, -0.2) is 5.16 Å². The van der Waals surface area contributed by atoms with Gasteiger partial charge in [0.1, 0.15) is 5.69 Å². The van der Waals surface area contributed by atoms with Crippen molar-refractivity contribution < 1.29 is 4.52 Å². The molecule has 2 aromatic carbocycles. The van der Waals surface area contributed by atoms with E-state index in [1.807, 2.05) is 6.07 Å². The molecule has 3 aromatic rings. The highest BCUT2D eigenvalue weighted by Crippen LogP contribution is 2.31. The lowest BCUT2D eigenvalue weighted by Gasteiger charge is -2.06. The summed E-state index contributed by atoms with van der Waals surface area (Å²) in [4.78, 5) is 0. The molecular weight excluding hydrogens is 328 g/mol. The Hall–Kier alpha value is -1.81. The predicted molar refractivity (Wildman–Crippen MR) is 90.1 cm³/mol. The largest absolute Gasteiger partial charge is 0.367 e. The smallest absolute Gasteiger partial charge is 0.225 e. The van der Waals surface area contributed by atoms with E-state index in [0.29, 0.717) is 11.8 Å². The molecule has 108 valence electrons. The van der Waals surface area contributed by atoms with Gasteiger partial charge in [0.05, 0.1) is 0 Å². The summed E-state index contributed by atoms with van der Waals surface area (Å²) in [6.45, 7) is 4.32. The highest BCUT2D eigenvalue weighted by molar-refractivity contribution is 9.10. The maximum Gasteiger partial charge on any atom is 0.225 e. The number of nitrogen functional groups attached to an aromatic ring is 1. The maximum atomic E-state index is 5.92. The molecule has 3 rings (SSSR count). The van der Waals surface area contributed by atoms with Crippen molar-refractivity contribution in [2.75, 3.05) is 5.73 Å². The van der Waals surface area contributed by atoms with Gasteiger partial charge in [0.2, 0.25) is 5.88 Å². The molecular formula is C17H17BrN2O. The standard InChI is InChI=1S/C17H17BrN2O/c1-10(2)7-15-16(20-21-17(15)19)13-4-3-12-9-14(18)6-5-11(12)8-13/h3-6,8-10H,7,19H2,1-2H3. The first kappa shape index (κ1) is 14.1. The minimum absolute atomic E-state index is 0.426. The Bertz CT molecular complexity index is 793. The second-order valence-electron chi connectivity index (χ2n) is 5.68. The van der Waals surface area contributed by atoms with Gasteiger partial charge in [0.15, 0.2) is 0 Å². The van der Waals surface area contributed by atoms with Crippen LogP contribution in [0.2, 0.25) is 0 Å². The van der Waals surface area contributed by atoms with Crippen molar-refractivity contribution in [1.29, 1.82) is 0 Å². The third-order valence-corrected chi connectivity index (χ3v) is 4.00. The van der Waals surface area contributed by atoms with Crippen LogP contribution in [0.1, 0.15) is 19.4 Å². The number of nitrogens with two attached hydrogens (primary N) is 1. The summed E-state index contributed by atoms with van der Waals surface area (Å²) >= 11 is 3.49. The quantitative estimate of drug-likeness (QED) is 0.724. The van der Waals surface area contributed by atoms with E-state index < -0.39 is 0 Å². The first-order valence-electron chi connectivity index (χ1n) is 6.98. The van der Waals surface area contributed by atoms with Gasteiger partial charge in [-0.2, -0.15) is 0 Å². The van der Waals surface area contributed by atoms with Gasteiger partial charge in [0.25, 0.3) is 0 Å². The third-order valence-electron chi connectivity index (χ3n) is 3.51. The lowest BCUT2D eigenvalue weighted by atomic mass is 9.98. The van der Waals surface area contributed by atoms with E-state index in [4.69, 9.17) is 10.3 Å². The third kappa shape index (κ3) is 2.81. The summed E-state index contributed by atoms with van der Waals surface area (Å²) in [6, 6.07) is 12.5. The van der Waals surface area contributed by atoms with Crippen molar-refractivity contribution in [2.24, 2.45) is 5.92 Å². The van der Waals surface area contributed by atoms with E-state index in [1.165, 1.54) is 10.8 Å². The Labute approximate surface area is 132 Å². The van der Waals surface area contributed by atoms with Crippen molar-refractivity contribution in [1.82, 2.24) is 5.16 Å². The van der Waals surface area contributed by atoms with Gasteiger partial charge >= 0.3 is 0 Å². The van der Waals surface area contributed by atoms with E-state index in [9.17, 15) is 0 Å². The van der Waals surface area contributed by atoms with Crippen LogP contribution in [0.4, 0.5) is 5.88 Å². The lowest BCUT2D eigenvalue weighted by molar-refractivity contribution is 0.438. The van der Waals surface area contributed by atoms with Gasteiger partial charge in [0, 0.05) is 15.6 Å². The van der Waals surface area contributed by atoms with Crippen LogP contribution < -0.4 is 5.73 Å². The average Bonchev–Trinajstić information content (AvgIpc) is 2.79. The fourth-order valence-corrected chi connectivity index (χ4v) is 2.90. The van der Waals surface area contributed by atoms with Crippen LogP contribution in [0.15, 0.2) is 45.4 Å². The second kappa shape index (κ2) is 5.53. The van der Waals surface area contributed by atoms with Gasteiger partial charge in [-0.3, -0.25) is 0 Å². The molecule has 2 N–H and O–H groups in total. The highest BCUT2D eigenvalue weighted by atomic mass is 79.9. The van der Waals surface area contributed by atoms with E-state index >= 15 is 0 Å². The molecule has 0 fully saturated rings. The first-order chi connectivity index (χ1) is 10.0. The zero-order chi connectivity index (χ0) is 15.0. The van der Waals surface area contributed by atoms with E-state index in [2.05, 4.69) is 65.3 Å². The van der Waals surface area contributed by atoms with Gasteiger partial charge in [-0.25, -0.2) is 0 Å². The average molecular weight is 345 g/mol. The van der Waals surface area contributed by atoms with Crippen LogP contribution in [-0.2, 0) is 6.42 Å². The number of halogens is 1. The normalized spacial score (nSPS) is 11.4. The fourth-order valence-electron chi connectivity index (χ4n) is 2.52. The summed E-state index contributed by atoms with van der Waals surface area (Å²) < 4.78 is 6.28. The number of benzene rings is 2. The van der Waals surface area contributed by atoms with Gasteiger partial charge in [-0.15, -0.1) is 0 Å². The molecule has 0 spiro atoms. The van der Waals surface area contributed by atoms with Crippen molar-refractivity contribution in [3.8, 4) is 11.3 Å². The molecule has 1 heterocycles. The van der Waals surface area contributed by atoms with Gasteiger partial charge < -0.3 is 10.3 Å². The molecule has 0 unspecified atom stereocenters. The highest BCUT2D eigenvalue weighted by Gasteiger charge is 2.16. The number of hydrogen-bond donors (Lipinski definition) is 1. The minimum atomic E-state index is 0.426. The number of aromatic nitrogens is 1. The molecule has 0 aliphatic rings. The zero-order valence-corrected chi connectivity index (χ0v) is 13.6. The predicted octanol–water partition coefficient (Wildman–Crippen LogP) is 5.04. The Morgan fingerprint density at radius 2 is 1.86 bits per heavy atom. The first-order valence-corrected chi connectivity index (χ1v) is 7.77. The zero-order valence-electron chi connectivity index (χ0n) is 12.1. The number of anilines is 1. The SMILES string of the molecule is CC(C)Cc1c(-c2ccc3cc(Br)ccc3c2)noc1N. The number of rotatable bonds is 3. The van der Waals surface area contributed by atoms with E-state index in [0.717, 1.165) is 27.7 Å². The summed E-state index contributed by atoms with van der Waals surface area (Å²) in [5.41, 5.74) is 8.82. The monoisotopic (exact) mass is 344 g/mol. The van der Waals surface area contributed by atoms with Crippen LogP contribution in [0, 0.1) is 5.92 Å². The molecule has 0 atom stereocenters. The molecule has 0 amide bonds. The van der Waals surface area contributed by atoms with Crippen molar-refractivity contribution in [2.45, 2.75) is 20.3 Å². The molecule has 0 aliphatic heterocycles. The van der Waals surface area contributed by atoms with Crippen molar-refractivity contribution in [3.05, 3.63) is 46.4 Å². The van der Waals surface area contributed by atoms with E-state index in [1.54, 1.807) is 0 Å². The molecule has 4 heteroatoms. The number of fused-ring (bicyclic) bond motifs is 1. The summed E-state index contributed by atoms with van der Waals surface area (Å²) in [7, 11) is 0. The number of hydrogen-bond acceptors (Lipinski definition) is 3. The van der Waals surface area contributed by atoms with Crippen LogP contribution in [0.25, 0.3) is 22.0 Å². The molecule has 3 nitrogen and oxygen atoms in total. The summed E-state index contributed by atoms with van der Waals surface area (Å²) in [5, 5.41) is 6.52. The molecule has 0 saturated carbocycles. The molecule has 0 radical (unpaired) electrons. The fraction of sp³-hybridized carbons (Fsp3) is 0.235. The summed E-state index contributed by atoms with van der Waals surface area (Å²) in [6.07, 6.45) is 0.864. The second-order valence-corrected chi connectivity index (χ2v) is 6.59. The Kier molecular flexibility index (Phi) is 3.72. The Balaban J connectivity index is 2.10. The molecule has 0 saturated heterocycles. The topological polar surface area (TPSA) is 52.0 Å². The van der Waals surface area contributed by atoms with E-state index in [-0.39, 0.29) is 0 Å². The lowest BCUT2D eigenvalue weighted by Crippen LogP contribution is -1.98. The Morgan fingerprint density at radius 3 is 2.62 bits per heavy atom. The van der Waals surface area contributed by atoms with Crippen molar-refractivity contribution >= 4 is 32.6 Å². The number of nitrogens with zero attached hydrogens (tertiary/aromatic N) is 1. The maximum absolute atomic E-state index is 5.92. The van der Waals surface area contributed by atoms with Crippen LogP contribution in [0.3, 0.4) is 0 Å². The molecule has 0 aliphatic carbocycles. The van der Waals surface area contributed by atoms with Gasteiger partial charge in [-0.05, 0) is 41.3 Å². The van der Waals surface area contributed by atoms with Crippen LogP contribution >= 0.6 is 15.9 Å². The molecule has 0 bridgehead atoms. The Morgan fingerprint density at radius 1 is 1.14 bits per heavy atom. The summed E-state index contributed by atoms with van der Waals surface area (Å²) in [5.74, 6) is 0.927. The van der Waals surface area contributed by atoms with Crippen LogP contribution in [0.5, 0.6) is 0 Å². The molecule has 21 heavy (non-hydrogen) atoms. The minimum Gasteiger partial charge on any atom is -0.367 e.